The zero-order valence-electron chi connectivity index (χ0n) is 20.3. The average Bonchev–Trinajstić information content (AvgIpc) is 3.53. The third kappa shape index (κ3) is 6.30. The van der Waals surface area contributed by atoms with Crippen LogP contribution in [0, 0.1) is 0 Å². The number of carboxylic acid groups (broad SMARTS) is 1. The molecule has 7 N–H and O–H groups in total. The summed E-state index contributed by atoms with van der Waals surface area (Å²) in [6.45, 7) is 2.85. The van der Waals surface area contributed by atoms with Crippen LogP contribution in [0.1, 0.15) is 39.5 Å². The van der Waals surface area contributed by atoms with Crippen molar-refractivity contribution < 1.29 is 49.1 Å². The standard InChI is InChI=1S/C22H36N4O10/c1-10(35-22-16(24-11(2)28)18(30)17(29)14(9-27)36-22)15(25-19(31)12-5-3-7-23-12)20(32)26-8-4-6-13(26)21(33)34/h10,12-18,22-23,27,29-30H,3-9H2,1-2H3,(H,24,28)(H,25,31)(H,33,34)/t10-,12+,13+,14-,15+,16-,17+,18-,22+/m1/s1. The predicted molar refractivity (Wildman–Crippen MR) is 121 cm³/mol. The Balaban J connectivity index is 1.83. The first-order chi connectivity index (χ1) is 17.0. The van der Waals surface area contributed by atoms with Crippen LogP contribution in [0.3, 0.4) is 0 Å². The van der Waals surface area contributed by atoms with Crippen molar-refractivity contribution in [1.29, 1.82) is 0 Å². The number of aliphatic carboxylic acids is 1. The second-order valence-corrected chi connectivity index (χ2v) is 9.44. The minimum atomic E-state index is -1.56. The topological polar surface area (TPSA) is 207 Å². The van der Waals surface area contributed by atoms with Gasteiger partial charge in [-0.05, 0) is 39.2 Å². The van der Waals surface area contributed by atoms with E-state index >= 15 is 0 Å². The number of carbonyl (C=O) groups excluding carboxylic acids is 3. The maximum Gasteiger partial charge on any atom is 0.326 e. The number of aliphatic hydroxyl groups excluding tert-OH is 3. The number of ether oxygens (including phenoxy) is 2. The summed E-state index contributed by atoms with van der Waals surface area (Å²) in [7, 11) is 0. The van der Waals surface area contributed by atoms with E-state index in [1.807, 2.05) is 0 Å². The third-order valence-electron chi connectivity index (χ3n) is 6.83. The van der Waals surface area contributed by atoms with Gasteiger partial charge >= 0.3 is 5.97 Å². The highest BCUT2D eigenvalue weighted by Gasteiger charge is 2.48. The van der Waals surface area contributed by atoms with Crippen LogP contribution in [0.2, 0.25) is 0 Å². The fraction of sp³-hybridized carbons (Fsp3) is 0.818. The maximum atomic E-state index is 13.5. The summed E-state index contributed by atoms with van der Waals surface area (Å²) in [5, 5.41) is 48.0. The molecule has 36 heavy (non-hydrogen) atoms. The van der Waals surface area contributed by atoms with Gasteiger partial charge in [0, 0.05) is 13.5 Å². The van der Waals surface area contributed by atoms with Crippen molar-refractivity contribution in [2.24, 2.45) is 0 Å². The summed E-state index contributed by atoms with van der Waals surface area (Å²) in [6.07, 6.45) is -4.70. The summed E-state index contributed by atoms with van der Waals surface area (Å²) in [6, 6.07) is -4.11. The van der Waals surface area contributed by atoms with E-state index in [1.165, 1.54) is 18.7 Å². The van der Waals surface area contributed by atoms with Gasteiger partial charge in [0.15, 0.2) is 6.29 Å². The number of hydrogen-bond donors (Lipinski definition) is 7. The van der Waals surface area contributed by atoms with Crippen molar-refractivity contribution in [1.82, 2.24) is 20.9 Å². The smallest absolute Gasteiger partial charge is 0.326 e. The molecule has 14 heteroatoms. The molecule has 3 amide bonds. The Labute approximate surface area is 208 Å². The van der Waals surface area contributed by atoms with Crippen LogP contribution in [-0.4, -0.2) is 124 Å². The van der Waals surface area contributed by atoms with Gasteiger partial charge in [-0.15, -0.1) is 0 Å². The van der Waals surface area contributed by atoms with Crippen LogP contribution < -0.4 is 16.0 Å². The van der Waals surface area contributed by atoms with Gasteiger partial charge in [0.25, 0.3) is 0 Å². The van der Waals surface area contributed by atoms with Crippen LogP contribution in [-0.2, 0) is 28.7 Å². The molecule has 3 aliphatic heterocycles. The molecule has 3 saturated heterocycles. The van der Waals surface area contributed by atoms with E-state index in [-0.39, 0.29) is 13.0 Å². The lowest BCUT2D eigenvalue weighted by Crippen LogP contribution is -2.66. The summed E-state index contributed by atoms with van der Waals surface area (Å²) in [5.74, 6) is -2.79. The molecule has 0 radical (unpaired) electrons. The molecule has 14 nitrogen and oxygen atoms in total. The molecule has 204 valence electrons. The van der Waals surface area contributed by atoms with Crippen molar-refractivity contribution in [3.63, 3.8) is 0 Å². The van der Waals surface area contributed by atoms with Crippen LogP contribution in [0.5, 0.6) is 0 Å². The second kappa shape index (κ2) is 12.3. The van der Waals surface area contributed by atoms with Gasteiger partial charge in [0.1, 0.15) is 36.4 Å². The molecule has 3 fully saturated rings. The zero-order chi connectivity index (χ0) is 26.6. The third-order valence-corrected chi connectivity index (χ3v) is 6.83. The number of likely N-dealkylation sites (tertiary alicyclic amines) is 1. The van der Waals surface area contributed by atoms with Gasteiger partial charge in [0.05, 0.1) is 18.8 Å². The monoisotopic (exact) mass is 516 g/mol. The normalized spacial score (nSPS) is 34.1. The summed E-state index contributed by atoms with van der Waals surface area (Å²) < 4.78 is 11.5. The number of carboxylic acids is 1. The van der Waals surface area contributed by atoms with E-state index in [9.17, 15) is 39.6 Å². The van der Waals surface area contributed by atoms with E-state index < -0.39 is 85.2 Å². The Kier molecular flexibility index (Phi) is 9.60. The van der Waals surface area contributed by atoms with Crippen molar-refractivity contribution >= 4 is 23.7 Å². The number of amides is 3. The highest BCUT2D eigenvalue weighted by Crippen LogP contribution is 2.25. The van der Waals surface area contributed by atoms with E-state index in [0.717, 1.165) is 6.42 Å². The molecule has 9 atom stereocenters. The maximum absolute atomic E-state index is 13.5. The van der Waals surface area contributed by atoms with E-state index in [2.05, 4.69) is 16.0 Å². The van der Waals surface area contributed by atoms with Crippen LogP contribution >= 0.6 is 0 Å². The molecule has 0 aromatic heterocycles. The molecule has 0 bridgehead atoms. The van der Waals surface area contributed by atoms with Crippen LogP contribution in [0.4, 0.5) is 0 Å². The predicted octanol–water partition coefficient (Wildman–Crippen LogP) is -3.35. The van der Waals surface area contributed by atoms with Gasteiger partial charge in [0.2, 0.25) is 17.7 Å². The Hall–Kier alpha value is -2.36. The molecular formula is C22H36N4O10. The number of aliphatic hydroxyl groups is 3. The first-order valence-corrected chi connectivity index (χ1v) is 12.2. The fourth-order valence-corrected chi connectivity index (χ4v) is 4.88. The summed E-state index contributed by atoms with van der Waals surface area (Å²) in [4.78, 5) is 51.0. The van der Waals surface area contributed by atoms with Crippen LogP contribution in [0.15, 0.2) is 0 Å². The quantitative estimate of drug-likeness (QED) is 0.161. The molecule has 0 unspecified atom stereocenters. The van der Waals surface area contributed by atoms with E-state index in [1.54, 1.807) is 0 Å². The van der Waals surface area contributed by atoms with Crippen molar-refractivity contribution in [2.45, 2.75) is 94.4 Å². The first kappa shape index (κ1) is 28.2. The van der Waals surface area contributed by atoms with Crippen LogP contribution in [0.25, 0.3) is 0 Å². The number of carbonyl (C=O) groups is 4. The lowest BCUT2D eigenvalue weighted by Gasteiger charge is -2.43. The Morgan fingerprint density at radius 2 is 1.89 bits per heavy atom. The van der Waals surface area contributed by atoms with E-state index in [0.29, 0.717) is 19.4 Å². The minimum absolute atomic E-state index is 0.197. The number of hydrogen-bond acceptors (Lipinski definition) is 10. The summed E-state index contributed by atoms with van der Waals surface area (Å²) >= 11 is 0. The van der Waals surface area contributed by atoms with Gasteiger partial charge in [-0.3, -0.25) is 14.4 Å². The molecule has 0 aromatic carbocycles. The van der Waals surface area contributed by atoms with Gasteiger partial charge in [-0.2, -0.15) is 0 Å². The molecule has 3 rings (SSSR count). The van der Waals surface area contributed by atoms with Gasteiger partial charge < -0.3 is 50.8 Å². The minimum Gasteiger partial charge on any atom is -0.480 e. The van der Waals surface area contributed by atoms with E-state index in [4.69, 9.17) is 9.47 Å². The SMILES string of the molecule is CC(=O)N[C@H]1[C@@H](O[C@H](C)[C@H](NC(=O)[C@@H]2CCCN2)C(=O)N2CCC[C@H]2C(=O)O)O[C@H](CO)[C@H](O)[C@@H]1O. The number of nitrogens with one attached hydrogen (secondary N) is 3. The molecule has 0 aromatic rings. The summed E-state index contributed by atoms with van der Waals surface area (Å²) in [5.41, 5.74) is 0. The molecular weight excluding hydrogens is 480 g/mol. The Bertz CT molecular complexity index is 823. The second-order valence-electron chi connectivity index (χ2n) is 9.44. The van der Waals surface area contributed by atoms with Crippen molar-refractivity contribution in [3.05, 3.63) is 0 Å². The zero-order valence-corrected chi connectivity index (χ0v) is 20.3. The molecule has 3 aliphatic rings. The number of nitrogens with zero attached hydrogens (tertiary/aromatic N) is 1. The number of rotatable bonds is 9. The van der Waals surface area contributed by atoms with Gasteiger partial charge in [-0.1, -0.05) is 0 Å². The molecule has 0 spiro atoms. The largest absolute Gasteiger partial charge is 0.480 e. The lowest BCUT2D eigenvalue weighted by molar-refractivity contribution is -0.281. The van der Waals surface area contributed by atoms with Gasteiger partial charge in [-0.25, -0.2) is 4.79 Å². The highest BCUT2D eigenvalue weighted by atomic mass is 16.7. The average molecular weight is 517 g/mol. The first-order valence-electron chi connectivity index (χ1n) is 12.2. The lowest BCUT2D eigenvalue weighted by atomic mass is 9.96. The molecule has 0 saturated carbocycles. The fourth-order valence-electron chi connectivity index (χ4n) is 4.88. The van der Waals surface area contributed by atoms with Crippen molar-refractivity contribution in [3.8, 4) is 0 Å². The molecule has 0 aliphatic carbocycles. The van der Waals surface area contributed by atoms with Crippen molar-refractivity contribution in [2.75, 3.05) is 19.7 Å². The Morgan fingerprint density at radius 1 is 1.17 bits per heavy atom. The Morgan fingerprint density at radius 3 is 2.47 bits per heavy atom. The highest BCUT2D eigenvalue weighted by molar-refractivity contribution is 5.92. The molecule has 3 heterocycles.